The van der Waals surface area contributed by atoms with Crippen LogP contribution >= 0.6 is 0 Å². The minimum absolute atomic E-state index is 0.164. The number of carboxylic acid groups (broad SMARTS) is 1. The lowest BCUT2D eigenvalue weighted by atomic mass is 9.99. The first-order valence-electron chi connectivity index (χ1n) is 6.46. The Morgan fingerprint density at radius 3 is 2.22 bits per heavy atom. The average molecular weight is 276 g/mol. The monoisotopic (exact) mass is 276 g/mol. The van der Waals surface area contributed by atoms with Gasteiger partial charge in [0.1, 0.15) is 0 Å². The molecule has 0 radical (unpaired) electrons. The smallest absolute Gasteiger partial charge is 0.306 e. The molecule has 1 saturated carbocycles. The summed E-state index contributed by atoms with van der Waals surface area (Å²) in [6.45, 7) is 2.98. The van der Waals surface area contributed by atoms with Crippen molar-refractivity contribution in [2.24, 2.45) is 5.92 Å². The Labute approximate surface area is 108 Å². The van der Waals surface area contributed by atoms with Crippen molar-refractivity contribution in [2.75, 3.05) is 19.6 Å². The van der Waals surface area contributed by atoms with Gasteiger partial charge in [-0.05, 0) is 25.7 Å². The molecule has 2 rings (SSSR count). The summed E-state index contributed by atoms with van der Waals surface area (Å²) in [6, 6.07) is 0.164. The zero-order valence-corrected chi connectivity index (χ0v) is 11.4. The van der Waals surface area contributed by atoms with E-state index in [1.807, 2.05) is 6.92 Å². The fraction of sp³-hybridized carbons (Fsp3) is 0.909. The molecule has 1 saturated heterocycles. The molecule has 0 aromatic rings. The maximum Gasteiger partial charge on any atom is 0.306 e. The third kappa shape index (κ3) is 2.67. The minimum Gasteiger partial charge on any atom is -0.481 e. The van der Waals surface area contributed by atoms with E-state index in [2.05, 4.69) is 0 Å². The van der Waals surface area contributed by atoms with Crippen LogP contribution in [-0.2, 0) is 15.0 Å². The molecule has 0 unspecified atom stereocenters. The van der Waals surface area contributed by atoms with Gasteiger partial charge in [-0.1, -0.05) is 6.92 Å². The molecule has 6 nitrogen and oxygen atoms in total. The molecule has 0 amide bonds. The Kier molecular flexibility index (Phi) is 3.93. The second-order valence-corrected chi connectivity index (χ2v) is 6.83. The molecule has 1 aliphatic carbocycles. The standard InChI is InChI=1S/C11H20N2O4S/c1-2-13(10-3-4-10)18(16,17)12-7-5-9(6-8-12)11(14)15/h9-10H,2-8H2,1H3,(H,14,15). The summed E-state index contributed by atoms with van der Waals surface area (Å²) in [6.07, 6.45) is 2.71. The number of carboxylic acids is 1. The van der Waals surface area contributed by atoms with Crippen LogP contribution < -0.4 is 0 Å². The fourth-order valence-corrected chi connectivity index (χ4v) is 4.34. The third-order valence-electron chi connectivity index (χ3n) is 3.69. The Hall–Kier alpha value is -0.660. The van der Waals surface area contributed by atoms with Crippen LogP contribution in [0.1, 0.15) is 32.6 Å². The molecule has 0 atom stereocenters. The van der Waals surface area contributed by atoms with Crippen molar-refractivity contribution < 1.29 is 18.3 Å². The Balaban J connectivity index is 2.01. The summed E-state index contributed by atoms with van der Waals surface area (Å²) in [4.78, 5) is 10.8. The molecular formula is C11H20N2O4S. The summed E-state index contributed by atoms with van der Waals surface area (Å²) in [5, 5.41) is 8.90. The summed E-state index contributed by atoms with van der Waals surface area (Å²) in [7, 11) is -3.39. The maximum absolute atomic E-state index is 12.4. The van der Waals surface area contributed by atoms with Gasteiger partial charge in [-0.3, -0.25) is 4.79 Å². The summed E-state index contributed by atoms with van der Waals surface area (Å²) < 4.78 is 27.7. The van der Waals surface area contributed by atoms with Crippen LogP contribution in [0.4, 0.5) is 0 Å². The van der Waals surface area contributed by atoms with Gasteiger partial charge in [-0.2, -0.15) is 17.0 Å². The number of aliphatic carboxylic acids is 1. The van der Waals surface area contributed by atoms with Crippen molar-refractivity contribution in [3.8, 4) is 0 Å². The van der Waals surface area contributed by atoms with E-state index >= 15 is 0 Å². The first-order chi connectivity index (χ1) is 8.46. The second kappa shape index (κ2) is 5.14. The lowest BCUT2D eigenvalue weighted by Crippen LogP contribution is -2.48. The number of rotatable bonds is 5. The van der Waals surface area contributed by atoms with Crippen LogP contribution in [0, 0.1) is 5.92 Å². The molecule has 0 spiro atoms. The number of hydrogen-bond donors (Lipinski definition) is 1. The van der Waals surface area contributed by atoms with E-state index in [0.717, 1.165) is 12.8 Å². The summed E-state index contributed by atoms with van der Waals surface area (Å²) >= 11 is 0. The number of nitrogens with zero attached hydrogens (tertiary/aromatic N) is 2. The summed E-state index contributed by atoms with van der Waals surface area (Å²) in [5.74, 6) is -1.21. The molecular weight excluding hydrogens is 256 g/mol. The highest BCUT2D eigenvalue weighted by atomic mass is 32.2. The molecule has 1 heterocycles. The first kappa shape index (κ1) is 13.8. The zero-order valence-electron chi connectivity index (χ0n) is 10.6. The SMILES string of the molecule is CCN(C1CC1)S(=O)(=O)N1CCC(C(=O)O)CC1. The lowest BCUT2D eigenvalue weighted by molar-refractivity contribution is -0.142. The van der Waals surface area contributed by atoms with E-state index in [0.29, 0.717) is 32.5 Å². The highest BCUT2D eigenvalue weighted by molar-refractivity contribution is 7.86. The topological polar surface area (TPSA) is 77.9 Å². The van der Waals surface area contributed by atoms with Gasteiger partial charge in [0.25, 0.3) is 10.2 Å². The van der Waals surface area contributed by atoms with E-state index in [9.17, 15) is 13.2 Å². The van der Waals surface area contributed by atoms with Crippen LogP contribution in [-0.4, -0.2) is 53.8 Å². The molecule has 0 bridgehead atoms. The van der Waals surface area contributed by atoms with Crippen LogP contribution in [0.25, 0.3) is 0 Å². The maximum atomic E-state index is 12.4. The van der Waals surface area contributed by atoms with E-state index in [4.69, 9.17) is 5.11 Å². The average Bonchev–Trinajstić information content (AvgIpc) is 3.14. The molecule has 7 heteroatoms. The van der Waals surface area contributed by atoms with E-state index in [-0.39, 0.29) is 6.04 Å². The van der Waals surface area contributed by atoms with Crippen LogP contribution in [0.2, 0.25) is 0 Å². The van der Waals surface area contributed by atoms with E-state index < -0.39 is 22.1 Å². The molecule has 2 fully saturated rings. The van der Waals surface area contributed by atoms with Crippen LogP contribution in [0.3, 0.4) is 0 Å². The van der Waals surface area contributed by atoms with E-state index in [1.165, 1.54) is 4.31 Å². The predicted octanol–water partition coefficient (Wildman–Crippen LogP) is 0.512. The molecule has 0 aromatic heterocycles. The van der Waals surface area contributed by atoms with Crippen molar-refractivity contribution in [2.45, 2.75) is 38.6 Å². The minimum atomic E-state index is -3.39. The first-order valence-corrected chi connectivity index (χ1v) is 7.86. The van der Waals surface area contributed by atoms with Crippen molar-refractivity contribution in [3.05, 3.63) is 0 Å². The van der Waals surface area contributed by atoms with Gasteiger partial charge in [0, 0.05) is 25.7 Å². The quantitative estimate of drug-likeness (QED) is 0.793. The molecule has 18 heavy (non-hydrogen) atoms. The second-order valence-electron chi connectivity index (χ2n) is 4.95. The Bertz CT molecular complexity index is 411. The normalized spacial score (nSPS) is 23.4. The fourth-order valence-electron chi connectivity index (χ4n) is 2.45. The van der Waals surface area contributed by atoms with Crippen molar-refractivity contribution in [1.82, 2.24) is 8.61 Å². The van der Waals surface area contributed by atoms with Gasteiger partial charge >= 0.3 is 5.97 Å². The van der Waals surface area contributed by atoms with Crippen molar-refractivity contribution in [3.63, 3.8) is 0 Å². The molecule has 2 aliphatic rings. The number of hydrogen-bond acceptors (Lipinski definition) is 3. The molecule has 104 valence electrons. The predicted molar refractivity (Wildman–Crippen MR) is 66.3 cm³/mol. The Morgan fingerprint density at radius 1 is 1.28 bits per heavy atom. The zero-order chi connectivity index (χ0) is 13.3. The third-order valence-corrected chi connectivity index (χ3v) is 5.86. The van der Waals surface area contributed by atoms with Gasteiger partial charge in [-0.15, -0.1) is 0 Å². The van der Waals surface area contributed by atoms with Crippen molar-refractivity contribution >= 4 is 16.2 Å². The highest BCUT2D eigenvalue weighted by Gasteiger charge is 2.40. The van der Waals surface area contributed by atoms with E-state index in [1.54, 1.807) is 4.31 Å². The Morgan fingerprint density at radius 2 is 1.83 bits per heavy atom. The van der Waals surface area contributed by atoms with Gasteiger partial charge < -0.3 is 5.11 Å². The number of piperidine rings is 1. The molecule has 0 aromatic carbocycles. The largest absolute Gasteiger partial charge is 0.481 e. The van der Waals surface area contributed by atoms with Crippen LogP contribution in [0.5, 0.6) is 0 Å². The van der Waals surface area contributed by atoms with Crippen LogP contribution in [0.15, 0.2) is 0 Å². The van der Waals surface area contributed by atoms with Gasteiger partial charge in [0.05, 0.1) is 5.92 Å². The molecule has 1 aliphatic heterocycles. The lowest BCUT2D eigenvalue weighted by Gasteiger charge is -2.33. The summed E-state index contributed by atoms with van der Waals surface area (Å²) in [5.41, 5.74) is 0. The van der Waals surface area contributed by atoms with Gasteiger partial charge in [0.15, 0.2) is 0 Å². The highest BCUT2D eigenvalue weighted by Crippen LogP contribution is 2.31. The van der Waals surface area contributed by atoms with Gasteiger partial charge in [0.2, 0.25) is 0 Å². The molecule has 1 N–H and O–H groups in total. The van der Waals surface area contributed by atoms with Crippen molar-refractivity contribution in [1.29, 1.82) is 0 Å². The number of carbonyl (C=O) groups is 1. The van der Waals surface area contributed by atoms with Gasteiger partial charge in [-0.25, -0.2) is 0 Å².